The Balaban J connectivity index is 2.15. The van der Waals surface area contributed by atoms with E-state index < -0.39 is 59.1 Å². The molecule has 1 aliphatic rings. The van der Waals surface area contributed by atoms with E-state index in [-0.39, 0.29) is 18.2 Å². The second kappa shape index (κ2) is 11.2. The largest absolute Gasteiger partial charge is 0.444 e. The van der Waals surface area contributed by atoms with E-state index in [9.17, 15) is 23.2 Å². The summed E-state index contributed by atoms with van der Waals surface area (Å²) < 4.78 is 43.5. The van der Waals surface area contributed by atoms with E-state index in [0.29, 0.717) is 12.5 Å². The molecule has 1 N–H and O–H groups in total. The minimum atomic E-state index is -1.04. The lowest BCUT2D eigenvalue weighted by atomic mass is 9.94. The number of hydrogen-bond donors (Lipinski definition) is 1. The van der Waals surface area contributed by atoms with Crippen LogP contribution < -0.4 is 5.32 Å². The fourth-order valence-electron chi connectivity index (χ4n) is 4.04. The monoisotopic (exact) mass is 484 g/mol. The standard InChI is InChI=1S/C24H34F2N2O6/c1-13(22(30)27-14(2)20(29)15-8-16(25)10-17(26)9-15)21(33-7)19-11-18(32-6)12-28(19)23(31)34-24(3,4)5/h8-10,13-14,18-19,21H,11-12H2,1-7H3,(H,27,30)/t13-,14+,18-,19+,21-/m1/s1. The number of ether oxygens (including phenoxy) is 3. The number of methoxy groups -OCH3 is 2. The van der Waals surface area contributed by atoms with E-state index in [1.54, 1.807) is 34.8 Å². The fourth-order valence-corrected chi connectivity index (χ4v) is 4.04. The molecule has 2 amide bonds. The van der Waals surface area contributed by atoms with Crippen LogP contribution in [0.3, 0.4) is 0 Å². The molecule has 1 aromatic rings. The summed E-state index contributed by atoms with van der Waals surface area (Å²) in [5.41, 5.74) is -0.888. The number of nitrogens with zero attached hydrogens (tertiary/aromatic N) is 1. The van der Waals surface area contributed by atoms with Crippen molar-refractivity contribution in [1.29, 1.82) is 0 Å². The summed E-state index contributed by atoms with van der Waals surface area (Å²) in [6.07, 6.45) is -1.08. The zero-order chi connectivity index (χ0) is 25.8. The molecule has 2 rings (SSSR count). The second-order valence-electron chi connectivity index (χ2n) is 9.54. The van der Waals surface area contributed by atoms with Crippen LogP contribution in [0.5, 0.6) is 0 Å². The van der Waals surface area contributed by atoms with E-state index in [4.69, 9.17) is 14.2 Å². The topological polar surface area (TPSA) is 94.2 Å². The average Bonchev–Trinajstić information content (AvgIpc) is 3.16. The van der Waals surface area contributed by atoms with Crippen LogP contribution in [0.2, 0.25) is 0 Å². The lowest BCUT2D eigenvalue weighted by Gasteiger charge is -2.34. The van der Waals surface area contributed by atoms with Crippen LogP contribution in [0.15, 0.2) is 18.2 Å². The maximum Gasteiger partial charge on any atom is 0.410 e. The Bertz CT molecular complexity index is 884. The molecule has 1 aromatic carbocycles. The molecule has 0 unspecified atom stereocenters. The molecule has 0 saturated carbocycles. The summed E-state index contributed by atoms with van der Waals surface area (Å²) in [5.74, 6) is -3.68. The van der Waals surface area contributed by atoms with Crippen molar-refractivity contribution in [2.24, 2.45) is 5.92 Å². The molecule has 1 fully saturated rings. The molecule has 8 nitrogen and oxygen atoms in total. The van der Waals surface area contributed by atoms with Crippen molar-refractivity contribution in [3.63, 3.8) is 0 Å². The maximum atomic E-state index is 13.5. The van der Waals surface area contributed by atoms with E-state index in [1.165, 1.54) is 18.9 Å². The van der Waals surface area contributed by atoms with Crippen LogP contribution >= 0.6 is 0 Å². The molecule has 0 spiro atoms. The Labute approximate surface area is 198 Å². The van der Waals surface area contributed by atoms with Crippen LogP contribution in [0.1, 0.15) is 51.4 Å². The highest BCUT2D eigenvalue weighted by molar-refractivity contribution is 6.01. The second-order valence-corrected chi connectivity index (χ2v) is 9.54. The maximum absolute atomic E-state index is 13.5. The third-order valence-corrected chi connectivity index (χ3v) is 5.72. The van der Waals surface area contributed by atoms with Gasteiger partial charge in [0, 0.05) is 25.8 Å². The number of carbonyl (C=O) groups is 3. The first-order valence-electron chi connectivity index (χ1n) is 11.1. The number of rotatable bonds is 8. The van der Waals surface area contributed by atoms with Gasteiger partial charge in [0.15, 0.2) is 5.78 Å². The van der Waals surface area contributed by atoms with Crippen LogP contribution in [-0.2, 0) is 19.0 Å². The lowest BCUT2D eigenvalue weighted by molar-refractivity contribution is -0.131. The molecular weight excluding hydrogens is 450 g/mol. The summed E-state index contributed by atoms with van der Waals surface area (Å²) in [5, 5.41) is 2.58. The SMILES string of the molecule is CO[C@@H]1C[C@@H]([C@H](OC)[C@@H](C)C(=O)N[C@@H](C)C(=O)c2cc(F)cc(F)c2)N(C(=O)OC(C)(C)C)C1. The number of carbonyl (C=O) groups excluding carboxylic acids is 3. The highest BCUT2D eigenvalue weighted by atomic mass is 19.1. The number of amides is 2. The molecule has 0 aliphatic carbocycles. The highest BCUT2D eigenvalue weighted by Crippen LogP contribution is 2.29. The van der Waals surface area contributed by atoms with Crippen molar-refractivity contribution < 1.29 is 37.4 Å². The number of benzene rings is 1. The first-order chi connectivity index (χ1) is 15.8. The summed E-state index contributed by atoms with van der Waals surface area (Å²) in [6, 6.07) is 0.950. The van der Waals surface area contributed by atoms with Crippen molar-refractivity contribution in [3.05, 3.63) is 35.4 Å². The molecule has 0 radical (unpaired) electrons. The van der Waals surface area contributed by atoms with Gasteiger partial charge < -0.3 is 19.5 Å². The smallest absolute Gasteiger partial charge is 0.410 e. The molecule has 0 bridgehead atoms. The molecular formula is C24H34F2N2O6. The third kappa shape index (κ3) is 6.96. The molecule has 190 valence electrons. The quantitative estimate of drug-likeness (QED) is 0.569. The molecule has 5 atom stereocenters. The summed E-state index contributed by atoms with van der Waals surface area (Å²) in [4.78, 5) is 39.9. The van der Waals surface area contributed by atoms with Crippen molar-refractivity contribution >= 4 is 17.8 Å². The molecule has 0 aromatic heterocycles. The van der Waals surface area contributed by atoms with E-state index in [0.717, 1.165) is 12.1 Å². The number of halogens is 2. The Morgan fingerprint density at radius 3 is 2.18 bits per heavy atom. The van der Waals surface area contributed by atoms with Crippen molar-refractivity contribution in [3.8, 4) is 0 Å². The van der Waals surface area contributed by atoms with Gasteiger partial charge in [0.2, 0.25) is 5.91 Å². The minimum Gasteiger partial charge on any atom is -0.444 e. The van der Waals surface area contributed by atoms with Crippen molar-refractivity contribution in [2.45, 2.75) is 70.9 Å². The zero-order valence-electron chi connectivity index (χ0n) is 20.7. The Morgan fingerprint density at radius 1 is 1.09 bits per heavy atom. The Kier molecular flexibility index (Phi) is 9.13. The predicted octanol–water partition coefficient (Wildman–Crippen LogP) is 3.33. The predicted molar refractivity (Wildman–Crippen MR) is 120 cm³/mol. The van der Waals surface area contributed by atoms with Gasteiger partial charge >= 0.3 is 6.09 Å². The average molecular weight is 485 g/mol. The first-order valence-corrected chi connectivity index (χ1v) is 11.1. The van der Waals surface area contributed by atoms with Crippen LogP contribution in [0, 0.1) is 17.6 Å². The first kappa shape index (κ1) is 27.7. The van der Waals surface area contributed by atoms with E-state index in [1.807, 2.05) is 0 Å². The van der Waals surface area contributed by atoms with Crippen LogP contribution in [-0.4, -0.2) is 73.3 Å². The number of likely N-dealkylation sites (tertiary alicyclic amines) is 1. The number of Topliss-reactive ketones (excluding diaryl/α,β-unsaturated/α-hetero) is 1. The van der Waals surface area contributed by atoms with Gasteiger partial charge in [-0.05, 0) is 46.2 Å². The summed E-state index contributed by atoms with van der Waals surface area (Å²) >= 11 is 0. The number of hydrogen-bond acceptors (Lipinski definition) is 6. The van der Waals surface area contributed by atoms with Gasteiger partial charge in [0.25, 0.3) is 0 Å². The normalized spacial score (nSPS) is 21.0. The highest BCUT2D eigenvalue weighted by Gasteiger charge is 2.45. The zero-order valence-corrected chi connectivity index (χ0v) is 20.7. The van der Waals surface area contributed by atoms with Gasteiger partial charge in [-0.15, -0.1) is 0 Å². The number of ketones is 1. The molecule has 10 heteroatoms. The van der Waals surface area contributed by atoms with Crippen molar-refractivity contribution in [1.82, 2.24) is 10.2 Å². The molecule has 34 heavy (non-hydrogen) atoms. The van der Waals surface area contributed by atoms with Gasteiger partial charge in [-0.3, -0.25) is 14.5 Å². The van der Waals surface area contributed by atoms with Gasteiger partial charge in [0.1, 0.15) is 17.2 Å². The van der Waals surface area contributed by atoms with E-state index >= 15 is 0 Å². The summed E-state index contributed by atoms with van der Waals surface area (Å²) in [6.45, 7) is 8.62. The van der Waals surface area contributed by atoms with Gasteiger partial charge in [-0.2, -0.15) is 0 Å². The van der Waals surface area contributed by atoms with Gasteiger partial charge in [-0.1, -0.05) is 6.92 Å². The van der Waals surface area contributed by atoms with Crippen LogP contribution in [0.25, 0.3) is 0 Å². The van der Waals surface area contributed by atoms with Gasteiger partial charge in [-0.25, -0.2) is 13.6 Å². The van der Waals surface area contributed by atoms with E-state index in [2.05, 4.69) is 5.32 Å². The van der Waals surface area contributed by atoms with Crippen LogP contribution in [0.4, 0.5) is 13.6 Å². The minimum absolute atomic E-state index is 0.184. The van der Waals surface area contributed by atoms with Crippen molar-refractivity contribution in [2.75, 3.05) is 20.8 Å². The summed E-state index contributed by atoms with van der Waals surface area (Å²) in [7, 11) is 2.98. The number of nitrogens with one attached hydrogen (secondary N) is 1. The Hall–Kier alpha value is -2.59. The van der Waals surface area contributed by atoms with Gasteiger partial charge in [0.05, 0.1) is 36.8 Å². The molecule has 1 aliphatic heterocycles. The fraction of sp³-hybridized carbons (Fsp3) is 0.625. The lowest BCUT2D eigenvalue weighted by Crippen LogP contribution is -2.52. The Morgan fingerprint density at radius 2 is 1.68 bits per heavy atom. The third-order valence-electron chi connectivity index (χ3n) is 5.72. The molecule has 1 saturated heterocycles. The molecule has 1 heterocycles.